The summed E-state index contributed by atoms with van der Waals surface area (Å²) in [4.78, 5) is 0. The van der Waals surface area contributed by atoms with Gasteiger partial charge in [-0.05, 0) is 31.1 Å². The van der Waals surface area contributed by atoms with E-state index < -0.39 is 0 Å². The Morgan fingerprint density at radius 3 is 2.73 bits per heavy atom. The summed E-state index contributed by atoms with van der Waals surface area (Å²) >= 11 is 0. The highest BCUT2D eigenvalue weighted by Gasteiger charge is 2.32. The molecule has 0 amide bonds. The molecule has 0 aromatic carbocycles. The minimum Gasteiger partial charge on any atom is -0.378 e. The molecule has 64 valence electrons. The van der Waals surface area contributed by atoms with Crippen LogP contribution in [-0.2, 0) is 4.74 Å². The Morgan fingerprint density at radius 2 is 1.91 bits per heavy atom. The van der Waals surface area contributed by atoms with E-state index >= 15 is 0 Å². The lowest BCUT2D eigenvalue weighted by atomic mass is 9.76. The Balaban J connectivity index is 1.99. The van der Waals surface area contributed by atoms with Gasteiger partial charge >= 0.3 is 0 Å². The smallest absolute Gasteiger partial charge is 0.0605 e. The van der Waals surface area contributed by atoms with Crippen molar-refractivity contribution in [2.45, 2.75) is 45.1 Å². The third kappa shape index (κ3) is 1.44. The van der Waals surface area contributed by atoms with Crippen molar-refractivity contribution < 1.29 is 4.74 Å². The van der Waals surface area contributed by atoms with Crippen molar-refractivity contribution in [3.8, 4) is 0 Å². The summed E-state index contributed by atoms with van der Waals surface area (Å²) < 4.78 is 5.75. The van der Waals surface area contributed by atoms with Crippen molar-refractivity contribution in [2.75, 3.05) is 6.61 Å². The third-order valence-electron chi connectivity index (χ3n) is 3.39. The first kappa shape index (κ1) is 7.60. The molecule has 1 saturated heterocycles. The average molecular weight is 154 g/mol. The van der Waals surface area contributed by atoms with Crippen LogP contribution in [0.1, 0.15) is 39.0 Å². The second-order valence-corrected chi connectivity index (χ2v) is 4.12. The molecule has 1 saturated carbocycles. The van der Waals surface area contributed by atoms with Crippen molar-refractivity contribution in [3.05, 3.63) is 0 Å². The molecule has 2 fully saturated rings. The monoisotopic (exact) mass is 154 g/mol. The van der Waals surface area contributed by atoms with Gasteiger partial charge in [-0.3, -0.25) is 0 Å². The Bertz CT molecular complexity index is 131. The fourth-order valence-electron chi connectivity index (χ4n) is 2.60. The van der Waals surface area contributed by atoms with E-state index in [0.717, 1.165) is 18.4 Å². The van der Waals surface area contributed by atoms with Crippen LogP contribution in [0.25, 0.3) is 0 Å². The summed E-state index contributed by atoms with van der Waals surface area (Å²) in [6.07, 6.45) is 7.51. The van der Waals surface area contributed by atoms with Gasteiger partial charge in [0.2, 0.25) is 0 Å². The standard InChI is InChI=1S/C10H18O/c1-8-6-7-11-10-5-3-2-4-9(8)10/h8-10H,2-7H2,1H3. The lowest BCUT2D eigenvalue weighted by Gasteiger charge is -2.39. The van der Waals surface area contributed by atoms with Gasteiger partial charge in [0.1, 0.15) is 0 Å². The van der Waals surface area contributed by atoms with Crippen LogP contribution < -0.4 is 0 Å². The first-order valence-electron chi connectivity index (χ1n) is 4.99. The molecule has 0 N–H and O–H groups in total. The molecule has 0 radical (unpaired) electrons. The van der Waals surface area contributed by atoms with Crippen LogP contribution in [0, 0.1) is 11.8 Å². The van der Waals surface area contributed by atoms with Crippen LogP contribution in [0.5, 0.6) is 0 Å². The molecule has 2 rings (SSSR count). The van der Waals surface area contributed by atoms with Crippen LogP contribution in [0.2, 0.25) is 0 Å². The topological polar surface area (TPSA) is 9.23 Å². The van der Waals surface area contributed by atoms with Crippen LogP contribution in [0.15, 0.2) is 0 Å². The number of ether oxygens (including phenoxy) is 1. The second kappa shape index (κ2) is 3.14. The van der Waals surface area contributed by atoms with Gasteiger partial charge in [0.25, 0.3) is 0 Å². The minimum atomic E-state index is 0.632. The first-order valence-corrected chi connectivity index (χ1v) is 4.99. The van der Waals surface area contributed by atoms with Gasteiger partial charge < -0.3 is 4.74 Å². The van der Waals surface area contributed by atoms with Gasteiger partial charge in [-0.2, -0.15) is 0 Å². The summed E-state index contributed by atoms with van der Waals surface area (Å²) in [7, 11) is 0. The summed E-state index contributed by atoms with van der Waals surface area (Å²) in [6, 6.07) is 0. The highest BCUT2D eigenvalue weighted by atomic mass is 16.5. The van der Waals surface area contributed by atoms with Crippen LogP contribution in [0.4, 0.5) is 0 Å². The maximum absolute atomic E-state index is 5.75. The summed E-state index contributed by atoms with van der Waals surface area (Å²) in [5, 5.41) is 0. The van der Waals surface area contributed by atoms with Crippen LogP contribution in [0.3, 0.4) is 0 Å². The quantitative estimate of drug-likeness (QED) is 0.521. The van der Waals surface area contributed by atoms with Gasteiger partial charge in [-0.15, -0.1) is 0 Å². The van der Waals surface area contributed by atoms with Crippen molar-refractivity contribution in [3.63, 3.8) is 0 Å². The zero-order valence-corrected chi connectivity index (χ0v) is 7.38. The molecule has 1 heteroatoms. The Labute approximate surface area is 69.1 Å². The molecule has 1 aliphatic carbocycles. The molecule has 2 aliphatic rings. The highest BCUT2D eigenvalue weighted by molar-refractivity contribution is 4.82. The van der Waals surface area contributed by atoms with E-state index in [2.05, 4.69) is 6.92 Å². The van der Waals surface area contributed by atoms with Crippen LogP contribution >= 0.6 is 0 Å². The lowest BCUT2D eigenvalue weighted by molar-refractivity contribution is -0.0721. The summed E-state index contributed by atoms with van der Waals surface area (Å²) in [5.74, 6) is 1.83. The van der Waals surface area contributed by atoms with E-state index in [0.29, 0.717) is 6.10 Å². The second-order valence-electron chi connectivity index (χ2n) is 4.12. The Kier molecular flexibility index (Phi) is 2.17. The number of hydrogen-bond donors (Lipinski definition) is 0. The largest absolute Gasteiger partial charge is 0.378 e. The SMILES string of the molecule is CC1CCOC2CCCCC12. The van der Waals surface area contributed by atoms with Gasteiger partial charge in [-0.25, -0.2) is 0 Å². The molecule has 1 aliphatic heterocycles. The van der Waals surface area contributed by atoms with Crippen LogP contribution in [-0.4, -0.2) is 12.7 Å². The minimum absolute atomic E-state index is 0.632. The molecule has 0 aromatic rings. The van der Waals surface area contributed by atoms with E-state index in [4.69, 9.17) is 4.74 Å². The number of rotatable bonds is 0. The van der Waals surface area contributed by atoms with Crippen molar-refractivity contribution in [1.82, 2.24) is 0 Å². The first-order chi connectivity index (χ1) is 5.38. The maximum Gasteiger partial charge on any atom is 0.0605 e. The predicted molar refractivity (Wildman–Crippen MR) is 45.5 cm³/mol. The summed E-state index contributed by atoms with van der Waals surface area (Å²) in [6.45, 7) is 3.41. The van der Waals surface area contributed by atoms with Crippen molar-refractivity contribution in [1.29, 1.82) is 0 Å². The molecular weight excluding hydrogens is 136 g/mol. The molecule has 1 nitrogen and oxygen atoms in total. The molecule has 0 aromatic heterocycles. The third-order valence-corrected chi connectivity index (χ3v) is 3.39. The Hall–Kier alpha value is -0.0400. The molecule has 3 atom stereocenters. The van der Waals surface area contributed by atoms with E-state index in [1.54, 1.807) is 0 Å². The normalized spacial score (nSPS) is 45.0. The maximum atomic E-state index is 5.75. The highest BCUT2D eigenvalue weighted by Crippen LogP contribution is 2.36. The molecule has 11 heavy (non-hydrogen) atoms. The fraction of sp³-hybridized carbons (Fsp3) is 1.00. The van der Waals surface area contributed by atoms with E-state index in [-0.39, 0.29) is 0 Å². The molecule has 0 spiro atoms. The van der Waals surface area contributed by atoms with E-state index in [1.165, 1.54) is 32.1 Å². The molecule has 3 unspecified atom stereocenters. The fourth-order valence-corrected chi connectivity index (χ4v) is 2.60. The molecular formula is C10H18O. The van der Waals surface area contributed by atoms with Gasteiger partial charge in [0.15, 0.2) is 0 Å². The molecule has 1 heterocycles. The van der Waals surface area contributed by atoms with Gasteiger partial charge in [-0.1, -0.05) is 19.8 Å². The Morgan fingerprint density at radius 1 is 1.09 bits per heavy atom. The van der Waals surface area contributed by atoms with Gasteiger partial charge in [0, 0.05) is 6.61 Å². The lowest BCUT2D eigenvalue weighted by Crippen LogP contribution is -2.37. The molecule has 0 bridgehead atoms. The number of hydrogen-bond acceptors (Lipinski definition) is 1. The zero-order valence-electron chi connectivity index (χ0n) is 7.38. The van der Waals surface area contributed by atoms with E-state index in [9.17, 15) is 0 Å². The zero-order chi connectivity index (χ0) is 7.68. The van der Waals surface area contributed by atoms with Gasteiger partial charge in [0.05, 0.1) is 6.10 Å². The van der Waals surface area contributed by atoms with Crippen molar-refractivity contribution in [2.24, 2.45) is 11.8 Å². The number of fused-ring (bicyclic) bond motifs is 1. The average Bonchev–Trinajstić information content (AvgIpc) is 2.06. The summed E-state index contributed by atoms with van der Waals surface area (Å²) in [5.41, 5.74) is 0. The van der Waals surface area contributed by atoms with E-state index in [1.807, 2.05) is 0 Å². The van der Waals surface area contributed by atoms with Crippen molar-refractivity contribution >= 4 is 0 Å². The predicted octanol–water partition coefficient (Wildman–Crippen LogP) is 2.60.